The zero-order chi connectivity index (χ0) is 31.1. The standard InChI is InChI=1S/C35H42O9/c1-2-40-23-25-19-28(27-13-15-32-33(22-27)44-24-43-32)21-29(20-25)41-17-6-4-3-5-9-26-10-7-11-31(30(26)14-16-35(38)39)42-18-8-12-34(36)37/h7,10-11,13,15,19-22H,2-6,8-9,12,14,16-18,23-24H2,1H3,(H,36,37)(H,38,39). The molecule has 9 heteroatoms. The fraction of sp³-hybridized carbons (Fsp3) is 0.429. The number of hydrogen-bond acceptors (Lipinski definition) is 7. The molecule has 1 aliphatic rings. The molecule has 44 heavy (non-hydrogen) atoms. The minimum absolute atomic E-state index is 0.0159. The fourth-order valence-corrected chi connectivity index (χ4v) is 5.15. The molecule has 0 amide bonds. The highest BCUT2D eigenvalue weighted by atomic mass is 16.7. The van der Waals surface area contributed by atoms with Crippen molar-refractivity contribution in [2.75, 3.05) is 26.6 Å². The van der Waals surface area contributed by atoms with Crippen molar-refractivity contribution in [3.05, 3.63) is 71.3 Å². The maximum absolute atomic E-state index is 11.3. The number of ether oxygens (including phenoxy) is 5. The van der Waals surface area contributed by atoms with Crippen LogP contribution in [0, 0.1) is 0 Å². The van der Waals surface area contributed by atoms with Gasteiger partial charge in [-0.1, -0.05) is 31.0 Å². The molecule has 1 aliphatic heterocycles. The summed E-state index contributed by atoms with van der Waals surface area (Å²) in [5.41, 5.74) is 5.08. The largest absolute Gasteiger partial charge is 0.494 e. The van der Waals surface area contributed by atoms with Gasteiger partial charge < -0.3 is 33.9 Å². The number of carboxylic acids is 2. The van der Waals surface area contributed by atoms with E-state index < -0.39 is 11.9 Å². The smallest absolute Gasteiger partial charge is 0.303 e. The Morgan fingerprint density at radius 2 is 1.57 bits per heavy atom. The van der Waals surface area contributed by atoms with Gasteiger partial charge in [-0.2, -0.15) is 0 Å². The van der Waals surface area contributed by atoms with Crippen molar-refractivity contribution < 1.29 is 43.5 Å². The molecule has 0 spiro atoms. The first-order valence-corrected chi connectivity index (χ1v) is 15.3. The molecule has 0 fully saturated rings. The zero-order valence-electron chi connectivity index (χ0n) is 25.3. The van der Waals surface area contributed by atoms with Gasteiger partial charge in [-0.25, -0.2) is 0 Å². The van der Waals surface area contributed by atoms with Crippen LogP contribution in [0.4, 0.5) is 0 Å². The summed E-state index contributed by atoms with van der Waals surface area (Å²) in [6.45, 7) is 4.24. The van der Waals surface area contributed by atoms with Crippen LogP contribution in [0.25, 0.3) is 11.1 Å². The van der Waals surface area contributed by atoms with Crippen LogP contribution >= 0.6 is 0 Å². The summed E-state index contributed by atoms with van der Waals surface area (Å²) in [6.07, 6.45) is 5.53. The molecular weight excluding hydrogens is 564 g/mol. The number of carboxylic acid groups (broad SMARTS) is 2. The Hall–Kier alpha value is -4.24. The predicted octanol–water partition coefficient (Wildman–Crippen LogP) is 7.06. The van der Waals surface area contributed by atoms with Crippen LogP contribution in [0.3, 0.4) is 0 Å². The number of benzene rings is 3. The number of aryl methyl sites for hydroxylation is 1. The van der Waals surface area contributed by atoms with Gasteiger partial charge in [0.2, 0.25) is 6.79 Å². The van der Waals surface area contributed by atoms with Crippen LogP contribution < -0.4 is 18.9 Å². The Balaban J connectivity index is 1.28. The summed E-state index contributed by atoms with van der Waals surface area (Å²) in [6, 6.07) is 17.9. The van der Waals surface area contributed by atoms with Crippen molar-refractivity contribution in [1.29, 1.82) is 0 Å². The van der Waals surface area contributed by atoms with Crippen molar-refractivity contribution >= 4 is 11.9 Å². The Morgan fingerprint density at radius 1 is 0.773 bits per heavy atom. The van der Waals surface area contributed by atoms with Gasteiger partial charge in [0.05, 0.1) is 19.8 Å². The lowest BCUT2D eigenvalue weighted by Gasteiger charge is -2.15. The molecule has 9 nitrogen and oxygen atoms in total. The van der Waals surface area contributed by atoms with Crippen molar-refractivity contribution in [2.24, 2.45) is 0 Å². The summed E-state index contributed by atoms with van der Waals surface area (Å²) in [4.78, 5) is 22.1. The Kier molecular flexibility index (Phi) is 12.7. The van der Waals surface area contributed by atoms with Crippen LogP contribution in [-0.4, -0.2) is 48.8 Å². The van der Waals surface area contributed by atoms with Gasteiger partial charge in [0, 0.05) is 19.4 Å². The van der Waals surface area contributed by atoms with Crippen molar-refractivity contribution in [1.82, 2.24) is 0 Å². The third kappa shape index (κ3) is 10.2. The molecule has 2 N–H and O–H groups in total. The molecule has 0 saturated carbocycles. The van der Waals surface area contributed by atoms with Crippen LogP contribution in [0.2, 0.25) is 0 Å². The molecule has 3 aromatic carbocycles. The van der Waals surface area contributed by atoms with Gasteiger partial charge in [-0.15, -0.1) is 0 Å². The average molecular weight is 607 g/mol. The predicted molar refractivity (Wildman–Crippen MR) is 166 cm³/mol. The molecule has 3 aromatic rings. The zero-order valence-corrected chi connectivity index (χ0v) is 25.3. The van der Waals surface area contributed by atoms with E-state index in [4.69, 9.17) is 28.8 Å². The van der Waals surface area contributed by atoms with Gasteiger partial charge in [0.1, 0.15) is 11.5 Å². The maximum atomic E-state index is 11.3. The highest BCUT2D eigenvalue weighted by Gasteiger charge is 2.15. The fourth-order valence-electron chi connectivity index (χ4n) is 5.15. The highest BCUT2D eigenvalue weighted by Crippen LogP contribution is 2.37. The number of aliphatic carboxylic acids is 2. The maximum Gasteiger partial charge on any atom is 0.303 e. The summed E-state index contributed by atoms with van der Waals surface area (Å²) < 4.78 is 28.7. The van der Waals surface area contributed by atoms with Crippen LogP contribution in [0.1, 0.15) is 68.6 Å². The van der Waals surface area contributed by atoms with Crippen molar-refractivity contribution in [2.45, 2.75) is 71.3 Å². The minimum Gasteiger partial charge on any atom is -0.494 e. The number of unbranched alkanes of at least 4 members (excludes halogenated alkanes) is 3. The Bertz CT molecular complexity index is 1380. The molecule has 0 saturated heterocycles. The SMILES string of the molecule is CCOCc1cc(OCCCCCCc2cccc(OCCCC(=O)O)c2CCC(=O)O)cc(-c2ccc3c(c2)OCO3)c1. The summed E-state index contributed by atoms with van der Waals surface area (Å²) in [5.74, 6) is 1.22. The van der Waals surface area contributed by atoms with Crippen molar-refractivity contribution in [3.8, 4) is 34.1 Å². The lowest BCUT2D eigenvalue weighted by atomic mass is 9.97. The molecule has 0 unspecified atom stereocenters. The lowest BCUT2D eigenvalue weighted by Crippen LogP contribution is -2.07. The summed E-state index contributed by atoms with van der Waals surface area (Å²) >= 11 is 0. The van der Waals surface area contributed by atoms with E-state index in [0.717, 1.165) is 77.2 Å². The van der Waals surface area contributed by atoms with Gasteiger partial charge in [0.15, 0.2) is 11.5 Å². The van der Waals surface area contributed by atoms with Crippen LogP contribution in [-0.2, 0) is 33.8 Å². The molecule has 0 aromatic heterocycles. The molecular formula is C35H42O9. The summed E-state index contributed by atoms with van der Waals surface area (Å²) in [5, 5.41) is 18.1. The number of rotatable bonds is 20. The molecule has 1 heterocycles. The van der Waals surface area contributed by atoms with E-state index in [1.165, 1.54) is 0 Å². The molecule has 0 radical (unpaired) electrons. The van der Waals surface area contributed by atoms with Gasteiger partial charge in [-0.3, -0.25) is 9.59 Å². The average Bonchev–Trinajstić information content (AvgIpc) is 3.49. The van der Waals surface area contributed by atoms with Crippen LogP contribution in [0.5, 0.6) is 23.0 Å². The Labute approximate surface area is 258 Å². The third-order valence-electron chi connectivity index (χ3n) is 7.37. The van der Waals surface area contributed by atoms with E-state index in [0.29, 0.717) is 38.4 Å². The van der Waals surface area contributed by atoms with E-state index >= 15 is 0 Å². The molecule has 4 rings (SSSR count). The number of carbonyl (C=O) groups is 2. The van der Waals surface area contributed by atoms with E-state index in [1.807, 2.05) is 55.5 Å². The highest BCUT2D eigenvalue weighted by molar-refractivity contribution is 5.70. The minimum atomic E-state index is -0.861. The van der Waals surface area contributed by atoms with Crippen LogP contribution in [0.15, 0.2) is 54.6 Å². The first-order valence-electron chi connectivity index (χ1n) is 15.3. The van der Waals surface area contributed by atoms with E-state index in [1.54, 1.807) is 0 Å². The van der Waals surface area contributed by atoms with Crippen molar-refractivity contribution in [3.63, 3.8) is 0 Å². The van der Waals surface area contributed by atoms with Gasteiger partial charge >= 0.3 is 11.9 Å². The molecule has 0 aliphatic carbocycles. The first kappa shape index (κ1) is 32.7. The Morgan fingerprint density at radius 3 is 2.39 bits per heavy atom. The topological polar surface area (TPSA) is 121 Å². The first-order chi connectivity index (χ1) is 21.4. The van der Waals surface area contributed by atoms with Gasteiger partial charge in [-0.05, 0) is 103 Å². The van der Waals surface area contributed by atoms with E-state index in [-0.39, 0.29) is 26.2 Å². The quantitative estimate of drug-likeness (QED) is 0.130. The molecule has 0 atom stereocenters. The molecule has 0 bridgehead atoms. The monoisotopic (exact) mass is 606 g/mol. The second kappa shape index (κ2) is 17.2. The van der Waals surface area contributed by atoms with E-state index in [9.17, 15) is 14.7 Å². The second-order valence-corrected chi connectivity index (χ2v) is 10.7. The van der Waals surface area contributed by atoms with Gasteiger partial charge in [0.25, 0.3) is 0 Å². The third-order valence-corrected chi connectivity index (χ3v) is 7.37. The lowest BCUT2D eigenvalue weighted by molar-refractivity contribution is -0.138. The second-order valence-electron chi connectivity index (χ2n) is 10.7. The normalized spacial score (nSPS) is 11.8. The van der Waals surface area contributed by atoms with E-state index in [2.05, 4.69) is 6.07 Å². The summed E-state index contributed by atoms with van der Waals surface area (Å²) in [7, 11) is 0. The number of fused-ring (bicyclic) bond motifs is 1. The number of hydrogen-bond donors (Lipinski definition) is 2. The molecule has 236 valence electrons.